The smallest absolute Gasteiger partial charge is 0.410 e. The number of aryl methyl sites for hydroxylation is 1. The first-order valence-corrected chi connectivity index (χ1v) is 12.8. The molecule has 6 nitrogen and oxygen atoms in total. The fourth-order valence-corrected chi connectivity index (χ4v) is 5.61. The zero-order valence-corrected chi connectivity index (χ0v) is 22.4. The summed E-state index contributed by atoms with van der Waals surface area (Å²) in [6.07, 6.45) is 1.11. The van der Waals surface area contributed by atoms with Gasteiger partial charge >= 0.3 is 6.09 Å². The van der Waals surface area contributed by atoms with Crippen molar-refractivity contribution in [3.63, 3.8) is 0 Å². The summed E-state index contributed by atoms with van der Waals surface area (Å²) in [6, 6.07) is 12.1. The van der Waals surface area contributed by atoms with Crippen molar-refractivity contribution in [2.24, 2.45) is 0 Å². The van der Waals surface area contributed by atoms with E-state index in [-0.39, 0.29) is 18.0 Å². The van der Waals surface area contributed by atoms with E-state index in [0.717, 1.165) is 17.5 Å². The van der Waals surface area contributed by atoms with Crippen LogP contribution in [-0.4, -0.2) is 65.5 Å². The highest BCUT2D eigenvalue weighted by molar-refractivity contribution is 6.30. The normalized spacial score (nSPS) is 21.1. The minimum Gasteiger partial charge on any atom is -0.444 e. The van der Waals surface area contributed by atoms with Gasteiger partial charge in [0.1, 0.15) is 17.0 Å². The number of hydrogen-bond donors (Lipinski definition) is 0. The summed E-state index contributed by atoms with van der Waals surface area (Å²) < 4.78 is 19.6. The van der Waals surface area contributed by atoms with Crippen LogP contribution in [0.3, 0.4) is 0 Å². The molecule has 1 heterocycles. The molecule has 2 aromatic carbocycles. The molecule has 1 fully saturated rings. The van der Waals surface area contributed by atoms with Crippen molar-refractivity contribution >= 4 is 23.6 Å². The summed E-state index contributed by atoms with van der Waals surface area (Å²) in [5, 5.41) is 0.303. The van der Waals surface area contributed by atoms with Crippen molar-refractivity contribution in [3.8, 4) is 0 Å². The molecular weight excluding hydrogens is 481 g/mol. The summed E-state index contributed by atoms with van der Waals surface area (Å²) in [5.74, 6) is -0.463. The molecule has 1 aliphatic carbocycles. The molecule has 1 unspecified atom stereocenters. The van der Waals surface area contributed by atoms with Crippen LogP contribution in [0.2, 0.25) is 5.02 Å². The topological polar surface area (TPSA) is 53.1 Å². The minimum atomic E-state index is -0.850. The Morgan fingerprint density at radius 3 is 2.42 bits per heavy atom. The summed E-state index contributed by atoms with van der Waals surface area (Å²) in [5.41, 5.74) is 1.41. The number of piperazine rings is 1. The predicted octanol–water partition coefficient (Wildman–Crippen LogP) is 5.39. The molecule has 8 heteroatoms. The van der Waals surface area contributed by atoms with Gasteiger partial charge in [-0.25, -0.2) is 9.18 Å². The lowest BCUT2D eigenvalue weighted by molar-refractivity contribution is -0.148. The number of rotatable bonds is 4. The van der Waals surface area contributed by atoms with E-state index in [1.165, 1.54) is 12.1 Å². The Morgan fingerprint density at radius 1 is 1.11 bits per heavy atom. The molecule has 36 heavy (non-hydrogen) atoms. The van der Waals surface area contributed by atoms with Gasteiger partial charge < -0.3 is 14.5 Å². The first-order valence-electron chi connectivity index (χ1n) is 12.5. The third-order valence-corrected chi connectivity index (χ3v) is 7.53. The Hall–Kier alpha value is -2.64. The molecule has 1 saturated heterocycles. The Balaban J connectivity index is 1.62. The monoisotopic (exact) mass is 515 g/mol. The number of hydrogen-bond acceptors (Lipinski definition) is 4. The second-order valence-corrected chi connectivity index (χ2v) is 11.2. The van der Waals surface area contributed by atoms with Crippen LogP contribution in [0.25, 0.3) is 0 Å². The van der Waals surface area contributed by atoms with Gasteiger partial charge in [-0.3, -0.25) is 9.69 Å². The van der Waals surface area contributed by atoms with Gasteiger partial charge in [0.25, 0.3) is 0 Å². The maximum Gasteiger partial charge on any atom is 0.410 e. The second-order valence-electron chi connectivity index (χ2n) is 10.8. The fraction of sp³-hybridized carbons (Fsp3) is 0.500. The Bertz CT molecular complexity index is 1120. The molecule has 2 atom stereocenters. The van der Waals surface area contributed by atoms with Crippen LogP contribution in [0.15, 0.2) is 42.5 Å². The number of halogens is 2. The number of carbonyl (C=O) groups is 2. The predicted molar refractivity (Wildman–Crippen MR) is 138 cm³/mol. The molecule has 4 rings (SSSR count). The highest BCUT2D eigenvalue weighted by Gasteiger charge is 2.52. The van der Waals surface area contributed by atoms with Crippen molar-refractivity contribution in [1.82, 2.24) is 14.7 Å². The van der Waals surface area contributed by atoms with Gasteiger partial charge in [0.15, 0.2) is 0 Å². The molecule has 0 N–H and O–H groups in total. The number of amides is 2. The molecule has 0 bridgehead atoms. The molecule has 0 aromatic heterocycles. The van der Waals surface area contributed by atoms with Crippen LogP contribution < -0.4 is 0 Å². The van der Waals surface area contributed by atoms with Crippen LogP contribution in [-0.2, 0) is 21.5 Å². The van der Waals surface area contributed by atoms with E-state index in [4.69, 9.17) is 16.3 Å². The van der Waals surface area contributed by atoms with Gasteiger partial charge in [-0.2, -0.15) is 0 Å². The van der Waals surface area contributed by atoms with Crippen molar-refractivity contribution in [2.45, 2.75) is 57.7 Å². The maximum absolute atomic E-state index is 14.4. The van der Waals surface area contributed by atoms with Gasteiger partial charge in [-0.15, -0.1) is 0 Å². The number of likely N-dealkylation sites (N-methyl/N-ethyl adjacent to an activating group) is 1. The second kappa shape index (κ2) is 10.0. The number of benzene rings is 2. The van der Waals surface area contributed by atoms with E-state index in [2.05, 4.69) is 11.0 Å². The largest absolute Gasteiger partial charge is 0.444 e. The fourth-order valence-electron chi connectivity index (χ4n) is 5.38. The molecule has 2 aliphatic rings. The quantitative estimate of drug-likeness (QED) is 0.547. The number of nitrogens with zero attached hydrogens (tertiary/aromatic N) is 3. The zero-order valence-electron chi connectivity index (χ0n) is 21.7. The average Bonchev–Trinajstić information content (AvgIpc) is 3.21. The lowest BCUT2D eigenvalue weighted by Gasteiger charge is -2.47. The van der Waals surface area contributed by atoms with E-state index in [1.807, 2.05) is 45.9 Å². The van der Waals surface area contributed by atoms with Gasteiger partial charge in [-0.05, 0) is 75.4 Å². The zero-order chi connectivity index (χ0) is 26.3. The third-order valence-electron chi connectivity index (χ3n) is 7.31. The first-order chi connectivity index (χ1) is 16.9. The van der Waals surface area contributed by atoms with Gasteiger partial charge in [0.05, 0.1) is 6.04 Å². The molecule has 2 amide bonds. The highest BCUT2D eigenvalue weighted by atomic mass is 35.5. The Morgan fingerprint density at radius 2 is 1.78 bits per heavy atom. The Labute approximate surface area is 218 Å². The summed E-state index contributed by atoms with van der Waals surface area (Å²) in [6.45, 7) is 9.50. The summed E-state index contributed by atoms with van der Waals surface area (Å²) >= 11 is 6.11. The summed E-state index contributed by atoms with van der Waals surface area (Å²) in [7, 11) is 1.77. The number of carbonyl (C=O) groups excluding carboxylic acids is 2. The number of fused-ring (bicyclic) bond motifs is 1. The van der Waals surface area contributed by atoms with Crippen molar-refractivity contribution in [2.75, 3.05) is 33.2 Å². The Kier molecular flexibility index (Phi) is 7.35. The van der Waals surface area contributed by atoms with Gasteiger partial charge in [0.2, 0.25) is 5.91 Å². The molecule has 0 saturated carbocycles. The van der Waals surface area contributed by atoms with Crippen molar-refractivity contribution in [3.05, 3.63) is 70.0 Å². The first kappa shape index (κ1) is 26.4. The van der Waals surface area contributed by atoms with E-state index in [1.54, 1.807) is 22.9 Å². The van der Waals surface area contributed by atoms with Crippen LogP contribution in [0.4, 0.5) is 9.18 Å². The SMILES string of the molecule is CC(c1cc(F)cc(Cl)c1)N(C)C(=O)[C@]1(N2CCN(C(=O)OC(C)(C)C)CC2)CCc2ccccc21. The lowest BCUT2D eigenvalue weighted by Crippen LogP contribution is -2.61. The highest BCUT2D eigenvalue weighted by Crippen LogP contribution is 2.44. The van der Waals surface area contributed by atoms with Crippen LogP contribution in [0.5, 0.6) is 0 Å². The van der Waals surface area contributed by atoms with Gasteiger partial charge in [0, 0.05) is 38.2 Å². The molecule has 1 aliphatic heterocycles. The molecule has 0 radical (unpaired) electrons. The molecule has 194 valence electrons. The van der Waals surface area contributed by atoms with E-state index < -0.39 is 17.0 Å². The van der Waals surface area contributed by atoms with E-state index in [0.29, 0.717) is 43.2 Å². The standard InChI is InChI=1S/C28H35ClFN3O3/c1-19(21-16-22(29)18-23(30)17-21)31(5)25(34)28(11-10-20-8-6-7-9-24(20)28)33-14-12-32(13-15-33)26(35)36-27(2,3)4/h6-9,16-19H,10-15H2,1-5H3/t19?,28-/m0/s1. The van der Waals surface area contributed by atoms with Crippen molar-refractivity contribution in [1.29, 1.82) is 0 Å². The molecule has 2 aromatic rings. The van der Waals surface area contributed by atoms with E-state index >= 15 is 0 Å². The lowest BCUT2D eigenvalue weighted by atomic mass is 9.86. The maximum atomic E-state index is 14.4. The van der Waals surface area contributed by atoms with E-state index in [9.17, 15) is 14.0 Å². The average molecular weight is 516 g/mol. The van der Waals surface area contributed by atoms with Crippen LogP contribution >= 0.6 is 11.6 Å². The third kappa shape index (κ3) is 5.09. The molecule has 0 spiro atoms. The van der Waals surface area contributed by atoms with Crippen LogP contribution in [0.1, 0.15) is 56.8 Å². The van der Waals surface area contributed by atoms with Gasteiger partial charge in [-0.1, -0.05) is 35.9 Å². The minimum absolute atomic E-state index is 0.0361. The number of ether oxygens (including phenoxy) is 1. The van der Waals surface area contributed by atoms with Crippen LogP contribution in [0, 0.1) is 5.82 Å². The summed E-state index contributed by atoms with van der Waals surface area (Å²) in [4.78, 5) is 32.6. The van der Waals surface area contributed by atoms with Crippen molar-refractivity contribution < 1.29 is 18.7 Å². The molecular formula is C28H35ClFN3O3.